The van der Waals surface area contributed by atoms with Crippen LogP contribution in [0.3, 0.4) is 0 Å². The molecule has 3 rings (SSSR count). The molecule has 9 heteroatoms. The largest absolute Gasteiger partial charge is 0.367 e. The number of rotatable bonds is 7. The highest BCUT2D eigenvalue weighted by Crippen LogP contribution is 2.48. The summed E-state index contributed by atoms with van der Waals surface area (Å²) in [6.07, 6.45) is -1.37. The minimum absolute atomic E-state index is 0.0692. The molecule has 0 spiro atoms. The van der Waals surface area contributed by atoms with Gasteiger partial charge in [-0.05, 0) is 45.9 Å². The highest BCUT2D eigenvalue weighted by molar-refractivity contribution is 7.92. The summed E-state index contributed by atoms with van der Waals surface area (Å²) in [6.45, 7) is 9.75. The zero-order valence-corrected chi connectivity index (χ0v) is 18.5. The van der Waals surface area contributed by atoms with Gasteiger partial charge in [0, 0.05) is 17.7 Å². The van der Waals surface area contributed by atoms with Gasteiger partial charge in [0.2, 0.25) is 0 Å². The fourth-order valence-corrected chi connectivity index (χ4v) is 5.99. The Bertz CT molecular complexity index is 1040. The Morgan fingerprint density at radius 3 is 2.13 bits per heavy atom. The van der Waals surface area contributed by atoms with E-state index in [0.29, 0.717) is 29.7 Å². The predicted octanol–water partition coefficient (Wildman–Crippen LogP) is 3.35. The normalized spacial score (nSPS) is 19.0. The Morgan fingerprint density at radius 2 is 1.63 bits per heavy atom. The van der Waals surface area contributed by atoms with Gasteiger partial charge in [-0.15, -0.1) is 0 Å². The van der Waals surface area contributed by atoms with Gasteiger partial charge in [-0.3, -0.25) is 10.1 Å². The second kappa shape index (κ2) is 7.98. The van der Waals surface area contributed by atoms with Crippen molar-refractivity contribution in [2.75, 3.05) is 23.9 Å². The fourth-order valence-electron chi connectivity index (χ4n) is 4.46. The molecule has 0 aliphatic carbocycles. The topological polar surface area (TPSA) is 101 Å². The number of aryl methyl sites for hydroxylation is 1. The van der Waals surface area contributed by atoms with Crippen molar-refractivity contribution in [3.63, 3.8) is 0 Å². The van der Waals surface area contributed by atoms with Gasteiger partial charge in [0.15, 0.2) is 12.3 Å². The first-order chi connectivity index (χ1) is 14.1. The van der Waals surface area contributed by atoms with E-state index in [-0.39, 0.29) is 16.3 Å². The number of likely N-dealkylation sites (N-methyl/N-ethyl adjacent to an activating group) is 1. The zero-order valence-electron chi connectivity index (χ0n) is 17.6. The highest BCUT2D eigenvalue weighted by Gasteiger charge is 2.53. The molecule has 0 aromatic heterocycles. The number of hydrogen-bond acceptors (Lipinski definition) is 5. The van der Waals surface area contributed by atoms with Crippen LogP contribution in [0.15, 0.2) is 47.4 Å². The average Bonchev–Trinajstić information content (AvgIpc) is 3.02. The van der Waals surface area contributed by atoms with Crippen LogP contribution in [0, 0.1) is 17.0 Å². The van der Waals surface area contributed by atoms with Crippen LogP contribution in [0.25, 0.3) is 0 Å². The molecule has 30 heavy (non-hydrogen) atoms. The maximum absolute atomic E-state index is 13.5. The second-order valence-electron chi connectivity index (χ2n) is 7.64. The minimum atomic E-state index is -4.07. The van der Waals surface area contributed by atoms with Gasteiger partial charge in [-0.2, -0.15) is 0 Å². The third-order valence-electron chi connectivity index (χ3n) is 6.36. The summed E-state index contributed by atoms with van der Waals surface area (Å²) in [4.78, 5) is 11.0. The van der Waals surface area contributed by atoms with Crippen LogP contribution in [0.4, 0.5) is 11.4 Å². The van der Waals surface area contributed by atoms with Crippen molar-refractivity contribution in [2.45, 2.75) is 44.9 Å². The van der Waals surface area contributed by atoms with Crippen LogP contribution in [0.2, 0.25) is 0 Å². The molecule has 2 unspecified atom stereocenters. The zero-order chi connectivity index (χ0) is 22.3. The molecule has 2 aromatic rings. The number of hydrogen-bond donors (Lipinski definition) is 1. The number of anilines is 1. The molecule has 162 valence electrons. The Labute approximate surface area is 177 Å². The molecule has 0 bridgehead atoms. The molecule has 1 heterocycles. The monoisotopic (exact) mass is 434 g/mol. The molecule has 0 amide bonds. The molecular weight excluding hydrogens is 406 g/mol. The minimum Gasteiger partial charge on any atom is -0.367 e. The second-order valence-corrected chi connectivity index (χ2v) is 9.45. The number of nitro groups is 1. The molecule has 0 radical (unpaired) electrons. The molecular formula is C21H28N3O5S+. The molecule has 8 nitrogen and oxygen atoms in total. The lowest BCUT2D eigenvalue weighted by Crippen LogP contribution is -2.55. The lowest BCUT2D eigenvalue weighted by atomic mass is 10.0. The van der Waals surface area contributed by atoms with Crippen molar-refractivity contribution >= 4 is 21.4 Å². The summed E-state index contributed by atoms with van der Waals surface area (Å²) < 4.78 is 28.4. The Kier molecular flexibility index (Phi) is 5.90. The van der Waals surface area contributed by atoms with E-state index in [1.165, 1.54) is 30.3 Å². The van der Waals surface area contributed by atoms with Gasteiger partial charge in [0.25, 0.3) is 15.7 Å². The van der Waals surface area contributed by atoms with Gasteiger partial charge in [0.05, 0.1) is 35.1 Å². The smallest absolute Gasteiger partial charge is 0.270 e. The number of aliphatic hydroxyl groups is 1. The van der Waals surface area contributed by atoms with Crippen LogP contribution in [-0.2, 0) is 10.0 Å². The summed E-state index contributed by atoms with van der Waals surface area (Å²) in [6, 6.07) is 9.92. The number of benzene rings is 2. The Balaban J connectivity index is 2.25. The maximum Gasteiger partial charge on any atom is 0.270 e. The first kappa shape index (κ1) is 22.2. The lowest BCUT2D eigenvalue weighted by Gasteiger charge is -2.43. The first-order valence-corrected chi connectivity index (χ1v) is 11.5. The molecule has 1 aliphatic heterocycles. The Hall–Kier alpha value is -2.49. The van der Waals surface area contributed by atoms with Crippen molar-refractivity contribution in [3.8, 4) is 0 Å². The third kappa shape index (κ3) is 3.36. The number of non-ortho nitro benzene ring substituents is 1. The van der Waals surface area contributed by atoms with Crippen molar-refractivity contribution in [2.24, 2.45) is 0 Å². The molecule has 2 aromatic carbocycles. The number of aliphatic hydroxyl groups excluding tert-OH is 1. The van der Waals surface area contributed by atoms with E-state index < -0.39 is 27.2 Å². The number of sulfonamides is 1. The average molecular weight is 435 g/mol. The van der Waals surface area contributed by atoms with E-state index in [1.54, 1.807) is 12.1 Å². The number of fused-ring (bicyclic) bond motifs is 1. The Morgan fingerprint density at radius 1 is 1.07 bits per heavy atom. The van der Waals surface area contributed by atoms with Gasteiger partial charge in [-0.25, -0.2) is 12.7 Å². The summed E-state index contributed by atoms with van der Waals surface area (Å²) in [7, 11) is -4.07. The number of nitro benzene ring substituents is 1. The van der Waals surface area contributed by atoms with Crippen molar-refractivity contribution in [1.82, 2.24) is 0 Å². The summed E-state index contributed by atoms with van der Waals surface area (Å²) in [5, 5.41) is 22.7. The highest BCUT2D eigenvalue weighted by atomic mass is 32.2. The number of quaternary nitrogens is 1. The SMILES string of the molecule is CC[N+](CC)(CC)C1c2cc([N+](=O)[O-])ccc2N(S(=O)(=O)c2ccc(C)cc2)C1O. The van der Waals surface area contributed by atoms with Gasteiger partial charge in [-0.1, -0.05) is 17.7 Å². The standard InChI is InChI=1S/C21H28N3O5S/c1-5-24(6-2,7-3)20-18-14-16(23(26)27)10-13-19(18)22(21(20)25)30(28,29)17-11-8-15(4)9-12-17/h8-14,20-21,25H,5-7H2,1-4H3/q+1. The molecule has 1 N–H and O–H groups in total. The van der Waals surface area contributed by atoms with Gasteiger partial charge < -0.3 is 9.59 Å². The first-order valence-electron chi connectivity index (χ1n) is 10.1. The molecule has 0 fully saturated rings. The molecule has 0 saturated carbocycles. The molecule has 2 atom stereocenters. The van der Waals surface area contributed by atoms with Gasteiger partial charge >= 0.3 is 0 Å². The van der Waals surface area contributed by atoms with E-state index in [9.17, 15) is 23.6 Å². The van der Waals surface area contributed by atoms with Crippen LogP contribution in [-0.4, -0.2) is 48.8 Å². The summed E-state index contributed by atoms with van der Waals surface area (Å²) >= 11 is 0. The van der Waals surface area contributed by atoms with Crippen LogP contribution < -0.4 is 4.31 Å². The van der Waals surface area contributed by atoms with Crippen LogP contribution >= 0.6 is 0 Å². The molecule has 1 aliphatic rings. The van der Waals surface area contributed by atoms with Crippen molar-refractivity contribution < 1.29 is 22.9 Å². The van der Waals surface area contributed by atoms with E-state index in [0.717, 1.165) is 9.87 Å². The van der Waals surface area contributed by atoms with Crippen molar-refractivity contribution in [3.05, 3.63) is 63.7 Å². The van der Waals surface area contributed by atoms with Crippen molar-refractivity contribution in [1.29, 1.82) is 0 Å². The lowest BCUT2D eigenvalue weighted by molar-refractivity contribution is -0.955. The van der Waals surface area contributed by atoms with E-state index in [4.69, 9.17) is 0 Å². The van der Waals surface area contributed by atoms with Crippen LogP contribution in [0.5, 0.6) is 0 Å². The quantitative estimate of drug-likeness (QED) is 0.409. The fraction of sp³-hybridized carbons (Fsp3) is 0.429. The maximum atomic E-state index is 13.5. The van der Waals surface area contributed by atoms with E-state index in [1.807, 2.05) is 27.7 Å². The summed E-state index contributed by atoms with van der Waals surface area (Å²) in [5.74, 6) is 0. The summed E-state index contributed by atoms with van der Waals surface area (Å²) in [5.41, 5.74) is 1.57. The van der Waals surface area contributed by atoms with Crippen LogP contribution in [0.1, 0.15) is 37.9 Å². The van der Waals surface area contributed by atoms with Gasteiger partial charge in [0.1, 0.15) is 0 Å². The predicted molar refractivity (Wildman–Crippen MR) is 115 cm³/mol. The third-order valence-corrected chi connectivity index (χ3v) is 8.16. The van der Waals surface area contributed by atoms with E-state index in [2.05, 4.69) is 0 Å². The van der Waals surface area contributed by atoms with E-state index >= 15 is 0 Å². The number of nitrogens with zero attached hydrogens (tertiary/aromatic N) is 3. The molecule has 0 saturated heterocycles.